The quantitative estimate of drug-likeness (QED) is 0.503. The zero-order chi connectivity index (χ0) is 9.71. The van der Waals surface area contributed by atoms with Gasteiger partial charge in [-0.05, 0) is 13.6 Å². The summed E-state index contributed by atoms with van der Waals surface area (Å²) >= 11 is 0. The molecule has 3 fully saturated rings. The Morgan fingerprint density at radius 3 is 2.50 bits per heavy atom. The van der Waals surface area contributed by atoms with E-state index in [1.54, 1.807) is 0 Å². The third kappa shape index (κ3) is 1.31. The van der Waals surface area contributed by atoms with Crippen LogP contribution in [0.2, 0.25) is 13.6 Å². The maximum atomic E-state index is 5.62. The van der Waals surface area contributed by atoms with Crippen molar-refractivity contribution in [3.63, 3.8) is 0 Å². The van der Waals surface area contributed by atoms with Gasteiger partial charge in [0.05, 0.1) is 18.8 Å². The van der Waals surface area contributed by atoms with Crippen LogP contribution in [0, 0.1) is 0 Å². The number of ether oxygens (including phenoxy) is 1. The van der Waals surface area contributed by atoms with Gasteiger partial charge in [0, 0.05) is 0 Å². The molecule has 0 spiro atoms. The van der Waals surface area contributed by atoms with E-state index in [4.69, 9.17) is 23.4 Å². The minimum atomic E-state index is -0.292. The minimum Gasteiger partial charge on any atom is -0.403 e. The highest BCUT2D eigenvalue weighted by molar-refractivity contribution is 6.44. The average Bonchev–Trinajstić information content (AvgIpc) is 2.65. The van der Waals surface area contributed by atoms with Crippen LogP contribution in [-0.2, 0) is 23.4 Å². The summed E-state index contributed by atoms with van der Waals surface area (Å²) in [6.07, 6.45) is -0.498. The Morgan fingerprint density at radius 1 is 0.929 bits per heavy atom. The van der Waals surface area contributed by atoms with Crippen LogP contribution in [0.3, 0.4) is 0 Å². The van der Waals surface area contributed by atoms with Gasteiger partial charge in [-0.1, -0.05) is 0 Å². The van der Waals surface area contributed by atoms with E-state index in [9.17, 15) is 0 Å². The molecular weight excluding hydrogens is 186 g/mol. The van der Waals surface area contributed by atoms with Crippen molar-refractivity contribution in [1.29, 1.82) is 0 Å². The lowest BCUT2D eigenvalue weighted by molar-refractivity contribution is -0.177. The Bertz CT molecular complexity index is 216. The molecule has 0 aromatic heterocycles. The molecular formula is C7H12B2O5. The summed E-state index contributed by atoms with van der Waals surface area (Å²) in [6, 6.07) is 0. The highest BCUT2D eigenvalue weighted by atomic mass is 16.8. The predicted molar refractivity (Wildman–Crippen MR) is 48.7 cm³/mol. The molecule has 3 heterocycles. The van der Waals surface area contributed by atoms with Gasteiger partial charge < -0.3 is 23.4 Å². The lowest BCUT2D eigenvalue weighted by atomic mass is 9.96. The maximum Gasteiger partial charge on any atom is 0.455 e. The second kappa shape index (κ2) is 3.21. The fraction of sp³-hybridized carbons (Fsp3) is 1.00. The number of hydrogen-bond acceptors (Lipinski definition) is 5. The molecule has 0 radical (unpaired) electrons. The van der Waals surface area contributed by atoms with Crippen molar-refractivity contribution in [3.8, 4) is 0 Å². The Kier molecular flexibility index (Phi) is 2.11. The molecule has 0 aromatic rings. The first-order valence-electron chi connectivity index (χ1n) is 4.97. The molecule has 3 aliphatic rings. The highest BCUT2D eigenvalue weighted by Crippen LogP contribution is 2.33. The Hall–Kier alpha value is -0.0701. The van der Waals surface area contributed by atoms with Crippen LogP contribution in [0.15, 0.2) is 0 Å². The fourth-order valence-electron chi connectivity index (χ4n) is 2.23. The van der Waals surface area contributed by atoms with Crippen molar-refractivity contribution < 1.29 is 23.4 Å². The van der Waals surface area contributed by atoms with Gasteiger partial charge in [-0.3, -0.25) is 0 Å². The summed E-state index contributed by atoms with van der Waals surface area (Å²) in [4.78, 5) is 0. The third-order valence-corrected chi connectivity index (χ3v) is 2.77. The summed E-state index contributed by atoms with van der Waals surface area (Å²) < 4.78 is 27.6. The van der Waals surface area contributed by atoms with Crippen LogP contribution >= 0.6 is 0 Å². The Balaban J connectivity index is 1.78. The van der Waals surface area contributed by atoms with Crippen molar-refractivity contribution in [2.75, 3.05) is 6.61 Å². The second-order valence-electron chi connectivity index (χ2n) is 3.85. The molecule has 7 heteroatoms. The molecule has 0 saturated carbocycles. The molecule has 0 unspecified atom stereocenters. The molecule has 14 heavy (non-hydrogen) atoms. The van der Waals surface area contributed by atoms with Gasteiger partial charge in [0.1, 0.15) is 6.10 Å². The molecule has 0 N–H and O–H groups in total. The van der Waals surface area contributed by atoms with Gasteiger partial charge in [-0.15, -0.1) is 0 Å². The molecule has 0 amide bonds. The molecule has 0 aliphatic carbocycles. The van der Waals surface area contributed by atoms with E-state index >= 15 is 0 Å². The van der Waals surface area contributed by atoms with Crippen LogP contribution in [0.4, 0.5) is 0 Å². The maximum absolute atomic E-state index is 5.62. The smallest absolute Gasteiger partial charge is 0.403 e. The Morgan fingerprint density at radius 2 is 1.64 bits per heavy atom. The molecule has 4 atom stereocenters. The van der Waals surface area contributed by atoms with E-state index in [2.05, 4.69) is 0 Å². The highest BCUT2D eigenvalue weighted by Gasteiger charge is 2.53. The first-order chi connectivity index (χ1) is 6.74. The molecule has 0 aromatic carbocycles. The van der Waals surface area contributed by atoms with E-state index in [0.717, 1.165) is 0 Å². The largest absolute Gasteiger partial charge is 0.455 e. The zero-order valence-corrected chi connectivity index (χ0v) is 8.21. The zero-order valence-electron chi connectivity index (χ0n) is 8.21. The minimum absolute atomic E-state index is 0.0138. The average molecular weight is 198 g/mol. The van der Waals surface area contributed by atoms with Gasteiger partial charge in [-0.2, -0.15) is 0 Å². The van der Waals surface area contributed by atoms with E-state index < -0.39 is 0 Å². The van der Waals surface area contributed by atoms with E-state index in [0.29, 0.717) is 6.61 Å². The fourth-order valence-corrected chi connectivity index (χ4v) is 2.23. The summed E-state index contributed by atoms with van der Waals surface area (Å²) in [5.74, 6) is 0. The number of rotatable bonds is 0. The van der Waals surface area contributed by atoms with Gasteiger partial charge in [-0.25, -0.2) is 0 Å². The molecule has 3 aliphatic heterocycles. The third-order valence-electron chi connectivity index (χ3n) is 2.77. The van der Waals surface area contributed by atoms with Crippen molar-refractivity contribution >= 4 is 14.2 Å². The van der Waals surface area contributed by atoms with Crippen LogP contribution in [0.5, 0.6) is 0 Å². The van der Waals surface area contributed by atoms with Crippen molar-refractivity contribution in [2.45, 2.75) is 38.2 Å². The number of fused-ring (bicyclic) bond motifs is 3. The van der Waals surface area contributed by atoms with Crippen LogP contribution < -0.4 is 0 Å². The van der Waals surface area contributed by atoms with Gasteiger partial charge in [0.2, 0.25) is 0 Å². The van der Waals surface area contributed by atoms with E-state index in [1.165, 1.54) is 0 Å². The second-order valence-corrected chi connectivity index (χ2v) is 3.85. The topological polar surface area (TPSA) is 46.2 Å². The molecule has 3 rings (SSSR count). The van der Waals surface area contributed by atoms with Crippen molar-refractivity contribution in [2.24, 2.45) is 0 Å². The molecule has 3 saturated heterocycles. The predicted octanol–water partition coefficient (Wildman–Crippen LogP) is -0.222. The van der Waals surface area contributed by atoms with Crippen molar-refractivity contribution in [1.82, 2.24) is 0 Å². The van der Waals surface area contributed by atoms with Crippen LogP contribution in [0.25, 0.3) is 0 Å². The Labute approximate surface area is 83.3 Å². The lowest BCUT2D eigenvalue weighted by Crippen LogP contribution is -2.49. The monoisotopic (exact) mass is 198 g/mol. The van der Waals surface area contributed by atoms with Crippen molar-refractivity contribution in [3.05, 3.63) is 0 Å². The standard InChI is InChI=1S/C7H12B2O5/c1-8-11-4-3-10-7-6(5(4)12-8)13-9(2)14-7/h4-7H,3H2,1-2H3/t4-,5-,6-,7-/m1/s1. The van der Waals surface area contributed by atoms with Crippen LogP contribution in [0.1, 0.15) is 0 Å². The van der Waals surface area contributed by atoms with Gasteiger partial charge in [0.15, 0.2) is 6.29 Å². The molecule has 5 nitrogen and oxygen atoms in total. The SMILES string of the molecule is CB1O[C@H]2OC[C@H]3OB(C)O[C@H]3[C@H]2O1. The molecule has 0 bridgehead atoms. The summed E-state index contributed by atoms with van der Waals surface area (Å²) in [5.41, 5.74) is 0. The first-order valence-corrected chi connectivity index (χ1v) is 4.97. The lowest BCUT2D eigenvalue weighted by Gasteiger charge is -2.33. The summed E-state index contributed by atoms with van der Waals surface area (Å²) in [7, 11) is -0.393. The van der Waals surface area contributed by atoms with E-state index in [-0.39, 0.29) is 38.8 Å². The molecule has 76 valence electrons. The van der Waals surface area contributed by atoms with Gasteiger partial charge in [0.25, 0.3) is 0 Å². The van der Waals surface area contributed by atoms with E-state index in [1.807, 2.05) is 13.6 Å². The van der Waals surface area contributed by atoms with Gasteiger partial charge >= 0.3 is 14.2 Å². The summed E-state index contributed by atoms with van der Waals surface area (Å²) in [5, 5.41) is 0. The number of hydrogen-bond donors (Lipinski definition) is 0. The van der Waals surface area contributed by atoms with Crippen LogP contribution in [-0.4, -0.2) is 45.4 Å². The summed E-state index contributed by atoms with van der Waals surface area (Å²) in [6.45, 7) is 4.26. The first kappa shape index (κ1) is 9.18. The normalized spacial score (nSPS) is 46.7.